The van der Waals surface area contributed by atoms with Gasteiger partial charge in [-0.2, -0.15) is 0 Å². The fourth-order valence-corrected chi connectivity index (χ4v) is 2.47. The van der Waals surface area contributed by atoms with Crippen LogP contribution in [0.15, 0.2) is 47.6 Å². The third-order valence-corrected chi connectivity index (χ3v) is 3.75. The number of hydrogen-bond donors (Lipinski definition) is 1. The molecule has 1 N–H and O–H groups in total. The zero-order chi connectivity index (χ0) is 12.8. The molecule has 18 heavy (non-hydrogen) atoms. The maximum Gasteiger partial charge on any atom is 0.0963 e. The highest BCUT2D eigenvalue weighted by atomic mass is 35.5. The quantitative estimate of drug-likeness (QED) is 0.843. The van der Waals surface area contributed by atoms with Gasteiger partial charge in [0.25, 0.3) is 0 Å². The Hall–Kier alpha value is -1.03. The lowest BCUT2D eigenvalue weighted by molar-refractivity contribution is 0.809. The summed E-state index contributed by atoms with van der Waals surface area (Å²) in [5.74, 6) is 0.912. The van der Waals surface area contributed by atoms with Crippen molar-refractivity contribution in [3.63, 3.8) is 0 Å². The molecule has 94 valence electrons. The summed E-state index contributed by atoms with van der Waals surface area (Å²) in [6, 6.07) is 12.1. The van der Waals surface area contributed by atoms with E-state index in [9.17, 15) is 0 Å². The molecule has 1 aromatic carbocycles. The predicted octanol–water partition coefficient (Wildman–Crippen LogP) is 3.75. The van der Waals surface area contributed by atoms with Crippen molar-refractivity contribution in [3.8, 4) is 0 Å². The number of pyridine rings is 1. The standard InChI is InChI=1S/C14H15ClN2S/c1-16-8-12-4-7-14(17-9-12)18-10-11-2-5-13(15)6-3-11/h2-7,9,16H,8,10H2,1H3. The molecule has 0 radical (unpaired) electrons. The van der Waals surface area contributed by atoms with Gasteiger partial charge in [0.2, 0.25) is 0 Å². The van der Waals surface area contributed by atoms with Crippen LogP contribution in [0.5, 0.6) is 0 Å². The minimum absolute atomic E-state index is 0.776. The van der Waals surface area contributed by atoms with Crippen molar-refractivity contribution in [2.75, 3.05) is 7.05 Å². The van der Waals surface area contributed by atoms with E-state index in [1.165, 1.54) is 11.1 Å². The topological polar surface area (TPSA) is 24.9 Å². The van der Waals surface area contributed by atoms with E-state index < -0.39 is 0 Å². The van der Waals surface area contributed by atoms with Crippen molar-refractivity contribution < 1.29 is 0 Å². The molecular formula is C14H15ClN2S. The fourth-order valence-electron chi connectivity index (χ4n) is 1.54. The lowest BCUT2D eigenvalue weighted by atomic mass is 10.2. The molecule has 0 fully saturated rings. The molecule has 2 rings (SSSR count). The van der Waals surface area contributed by atoms with E-state index in [1.807, 2.05) is 37.5 Å². The molecule has 0 aliphatic carbocycles. The molecule has 0 saturated carbocycles. The van der Waals surface area contributed by atoms with Gasteiger partial charge in [0.15, 0.2) is 0 Å². The highest BCUT2D eigenvalue weighted by molar-refractivity contribution is 7.98. The van der Waals surface area contributed by atoms with Crippen LogP contribution in [0.2, 0.25) is 5.02 Å². The highest BCUT2D eigenvalue weighted by Crippen LogP contribution is 2.21. The van der Waals surface area contributed by atoms with Gasteiger partial charge in [-0.1, -0.05) is 29.8 Å². The van der Waals surface area contributed by atoms with Gasteiger partial charge in [-0.25, -0.2) is 4.98 Å². The fraction of sp³-hybridized carbons (Fsp3) is 0.214. The van der Waals surface area contributed by atoms with Crippen LogP contribution in [0.25, 0.3) is 0 Å². The third kappa shape index (κ3) is 4.02. The van der Waals surface area contributed by atoms with Crippen LogP contribution in [-0.2, 0) is 12.3 Å². The molecule has 2 nitrogen and oxygen atoms in total. The summed E-state index contributed by atoms with van der Waals surface area (Å²) in [6.45, 7) is 0.856. The first-order valence-corrected chi connectivity index (χ1v) is 7.11. The molecule has 0 saturated heterocycles. The van der Waals surface area contributed by atoms with Crippen molar-refractivity contribution in [1.82, 2.24) is 10.3 Å². The van der Waals surface area contributed by atoms with Crippen LogP contribution in [0.1, 0.15) is 11.1 Å². The summed E-state index contributed by atoms with van der Waals surface area (Å²) in [5, 5.41) is 4.93. The van der Waals surface area contributed by atoms with E-state index >= 15 is 0 Å². The Morgan fingerprint density at radius 1 is 1.11 bits per heavy atom. The maximum absolute atomic E-state index is 5.85. The summed E-state index contributed by atoms with van der Waals surface area (Å²) in [7, 11) is 1.93. The Morgan fingerprint density at radius 2 is 1.83 bits per heavy atom. The van der Waals surface area contributed by atoms with Gasteiger partial charge in [-0.3, -0.25) is 0 Å². The Bertz CT molecular complexity index is 482. The van der Waals surface area contributed by atoms with Crippen LogP contribution in [-0.4, -0.2) is 12.0 Å². The SMILES string of the molecule is CNCc1ccc(SCc2ccc(Cl)cc2)nc1. The lowest BCUT2D eigenvalue weighted by Gasteiger charge is -2.03. The molecule has 1 aromatic heterocycles. The zero-order valence-corrected chi connectivity index (χ0v) is 11.8. The second-order valence-electron chi connectivity index (χ2n) is 3.95. The molecule has 0 amide bonds. The average Bonchev–Trinajstić information content (AvgIpc) is 2.40. The van der Waals surface area contributed by atoms with E-state index in [0.717, 1.165) is 22.3 Å². The number of nitrogens with zero attached hydrogens (tertiary/aromatic N) is 1. The molecule has 0 atom stereocenters. The summed E-state index contributed by atoms with van der Waals surface area (Å²) < 4.78 is 0. The molecule has 0 bridgehead atoms. The van der Waals surface area contributed by atoms with Gasteiger partial charge >= 0.3 is 0 Å². The monoisotopic (exact) mass is 278 g/mol. The number of aromatic nitrogens is 1. The molecule has 0 unspecified atom stereocenters. The van der Waals surface area contributed by atoms with E-state index in [2.05, 4.69) is 22.4 Å². The molecule has 2 aromatic rings. The molecule has 1 heterocycles. The van der Waals surface area contributed by atoms with E-state index in [1.54, 1.807) is 11.8 Å². The van der Waals surface area contributed by atoms with Crippen LogP contribution in [0.4, 0.5) is 0 Å². The van der Waals surface area contributed by atoms with Crippen LogP contribution in [0, 0.1) is 0 Å². The van der Waals surface area contributed by atoms with Gasteiger partial charge < -0.3 is 5.32 Å². The number of halogens is 1. The minimum Gasteiger partial charge on any atom is -0.316 e. The first-order valence-electron chi connectivity index (χ1n) is 5.74. The second kappa shape index (κ2) is 6.78. The first-order chi connectivity index (χ1) is 8.78. The highest BCUT2D eigenvalue weighted by Gasteiger charge is 1.98. The average molecular weight is 279 g/mol. The molecule has 0 spiro atoms. The van der Waals surface area contributed by atoms with E-state index in [4.69, 9.17) is 11.6 Å². The summed E-state index contributed by atoms with van der Waals surface area (Å²) in [5.41, 5.74) is 2.46. The molecule has 0 aliphatic heterocycles. The van der Waals surface area contributed by atoms with Crippen molar-refractivity contribution in [2.24, 2.45) is 0 Å². The Balaban J connectivity index is 1.91. The summed E-state index contributed by atoms with van der Waals surface area (Å²) in [6.07, 6.45) is 1.92. The summed E-state index contributed by atoms with van der Waals surface area (Å²) in [4.78, 5) is 4.43. The number of nitrogens with one attached hydrogen (secondary N) is 1. The van der Waals surface area contributed by atoms with Crippen molar-refractivity contribution >= 4 is 23.4 Å². The Kier molecular flexibility index (Phi) is 5.05. The van der Waals surface area contributed by atoms with E-state index in [-0.39, 0.29) is 0 Å². The minimum atomic E-state index is 0.776. The van der Waals surface area contributed by atoms with E-state index in [0.29, 0.717) is 0 Å². The molecular weight excluding hydrogens is 264 g/mol. The predicted molar refractivity (Wildman–Crippen MR) is 78.0 cm³/mol. The smallest absolute Gasteiger partial charge is 0.0963 e. The molecule has 0 aliphatic rings. The van der Waals surface area contributed by atoms with Gasteiger partial charge in [-0.15, -0.1) is 11.8 Å². The Morgan fingerprint density at radius 3 is 2.44 bits per heavy atom. The third-order valence-electron chi connectivity index (χ3n) is 2.48. The molecule has 4 heteroatoms. The van der Waals surface area contributed by atoms with Gasteiger partial charge in [0.1, 0.15) is 0 Å². The van der Waals surface area contributed by atoms with Crippen LogP contribution >= 0.6 is 23.4 Å². The van der Waals surface area contributed by atoms with Crippen molar-refractivity contribution in [2.45, 2.75) is 17.3 Å². The Labute approximate surface area is 117 Å². The lowest BCUT2D eigenvalue weighted by Crippen LogP contribution is -2.05. The van der Waals surface area contributed by atoms with Gasteiger partial charge in [0.05, 0.1) is 5.03 Å². The van der Waals surface area contributed by atoms with Gasteiger partial charge in [-0.05, 0) is 36.4 Å². The summed E-state index contributed by atoms with van der Waals surface area (Å²) >= 11 is 7.58. The normalized spacial score (nSPS) is 10.6. The second-order valence-corrected chi connectivity index (χ2v) is 5.38. The number of benzene rings is 1. The number of rotatable bonds is 5. The zero-order valence-electron chi connectivity index (χ0n) is 10.2. The van der Waals surface area contributed by atoms with Crippen LogP contribution < -0.4 is 5.32 Å². The number of thioether (sulfide) groups is 1. The maximum atomic E-state index is 5.85. The first kappa shape index (κ1) is 13.4. The largest absolute Gasteiger partial charge is 0.316 e. The van der Waals surface area contributed by atoms with Crippen LogP contribution in [0.3, 0.4) is 0 Å². The van der Waals surface area contributed by atoms with Crippen molar-refractivity contribution in [1.29, 1.82) is 0 Å². The number of hydrogen-bond acceptors (Lipinski definition) is 3. The van der Waals surface area contributed by atoms with Crippen molar-refractivity contribution in [3.05, 3.63) is 58.7 Å². The van der Waals surface area contributed by atoms with Gasteiger partial charge in [0, 0.05) is 23.5 Å².